The van der Waals surface area contributed by atoms with Crippen molar-refractivity contribution in [2.75, 3.05) is 6.54 Å². The van der Waals surface area contributed by atoms with E-state index in [0.29, 0.717) is 18.7 Å². The van der Waals surface area contributed by atoms with E-state index in [1.54, 1.807) is 24.3 Å². The Morgan fingerprint density at radius 3 is 2.33 bits per heavy atom. The fraction of sp³-hybridized carbons (Fsp3) is 0.105. The zero-order chi connectivity index (χ0) is 16.8. The number of benzene rings is 2. The number of nitrogens with one attached hydrogen (secondary N) is 1. The van der Waals surface area contributed by atoms with Gasteiger partial charge in [0.25, 0.3) is 0 Å². The third-order valence-corrected chi connectivity index (χ3v) is 3.55. The summed E-state index contributed by atoms with van der Waals surface area (Å²) in [4.78, 5) is 11.8. The lowest BCUT2D eigenvalue weighted by atomic mass is 10.1. The summed E-state index contributed by atoms with van der Waals surface area (Å²) >= 11 is 0. The lowest BCUT2D eigenvalue weighted by Gasteiger charge is -2.08. The van der Waals surface area contributed by atoms with Crippen LogP contribution >= 0.6 is 0 Å². The number of hydrogen-bond donors (Lipinski definition) is 1. The number of nitrogens with zero attached hydrogens (tertiary/aromatic N) is 1. The monoisotopic (exact) mass is 324 g/mol. The first kappa shape index (κ1) is 15.8. The van der Waals surface area contributed by atoms with E-state index in [4.69, 9.17) is 4.74 Å². The molecule has 1 heterocycles. The second kappa shape index (κ2) is 7.46. The topological polar surface area (TPSA) is 43.3 Å². The van der Waals surface area contributed by atoms with Crippen LogP contribution < -0.4 is 10.1 Å². The van der Waals surface area contributed by atoms with Crippen LogP contribution in [0.15, 0.2) is 73.1 Å². The Labute approximate surface area is 139 Å². The highest BCUT2D eigenvalue weighted by Crippen LogP contribution is 2.15. The molecule has 0 fully saturated rings. The molecule has 0 saturated carbocycles. The minimum Gasteiger partial charge on any atom is -0.410 e. The summed E-state index contributed by atoms with van der Waals surface area (Å²) in [5.74, 6) is 0.208. The van der Waals surface area contributed by atoms with E-state index in [2.05, 4.69) is 5.32 Å². The summed E-state index contributed by atoms with van der Waals surface area (Å²) in [6.45, 7) is 0.423. The summed E-state index contributed by atoms with van der Waals surface area (Å²) < 4.78 is 20.0. The molecule has 0 spiro atoms. The van der Waals surface area contributed by atoms with Crippen molar-refractivity contribution in [2.24, 2.45) is 0 Å². The van der Waals surface area contributed by atoms with E-state index < -0.39 is 6.09 Å². The van der Waals surface area contributed by atoms with Gasteiger partial charge in [0.15, 0.2) is 0 Å². The molecule has 0 radical (unpaired) electrons. The van der Waals surface area contributed by atoms with Crippen LogP contribution in [0, 0.1) is 5.82 Å². The number of rotatable bonds is 5. The molecule has 0 aliphatic carbocycles. The maximum absolute atomic E-state index is 12.8. The van der Waals surface area contributed by atoms with Crippen molar-refractivity contribution in [1.82, 2.24) is 9.88 Å². The van der Waals surface area contributed by atoms with Gasteiger partial charge >= 0.3 is 6.09 Å². The first-order valence-corrected chi connectivity index (χ1v) is 7.64. The summed E-state index contributed by atoms with van der Waals surface area (Å²) in [7, 11) is 0. The number of ether oxygens (including phenoxy) is 1. The number of halogens is 1. The molecule has 0 atom stereocenters. The van der Waals surface area contributed by atoms with Crippen LogP contribution in [-0.2, 0) is 6.42 Å². The summed E-state index contributed by atoms with van der Waals surface area (Å²) in [5, 5.41) is 2.68. The molecule has 3 rings (SSSR count). The van der Waals surface area contributed by atoms with Crippen LogP contribution in [0.3, 0.4) is 0 Å². The van der Waals surface area contributed by atoms with Crippen molar-refractivity contribution in [3.8, 4) is 11.4 Å². The Morgan fingerprint density at radius 2 is 1.67 bits per heavy atom. The maximum Gasteiger partial charge on any atom is 0.412 e. The van der Waals surface area contributed by atoms with Crippen molar-refractivity contribution in [3.63, 3.8) is 0 Å². The van der Waals surface area contributed by atoms with Gasteiger partial charge in [-0.1, -0.05) is 12.1 Å². The molecule has 4 nitrogen and oxygen atoms in total. The molecule has 0 saturated heterocycles. The fourth-order valence-corrected chi connectivity index (χ4v) is 2.30. The molecule has 0 unspecified atom stereocenters. The Bertz CT molecular complexity index is 781. The van der Waals surface area contributed by atoms with Crippen LogP contribution in [0.25, 0.3) is 5.69 Å². The Morgan fingerprint density at radius 1 is 1.00 bits per heavy atom. The average molecular weight is 324 g/mol. The van der Waals surface area contributed by atoms with Gasteiger partial charge in [-0.15, -0.1) is 0 Å². The van der Waals surface area contributed by atoms with Gasteiger partial charge in [0.05, 0.1) is 0 Å². The van der Waals surface area contributed by atoms with Crippen molar-refractivity contribution in [2.45, 2.75) is 6.42 Å². The van der Waals surface area contributed by atoms with E-state index in [0.717, 1.165) is 11.3 Å². The Kier molecular flexibility index (Phi) is 4.91. The first-order valence-electron chi connectivity index (χ1n) is 7.64. The molecule has 1 amide bonds. The predicted octanol–water partition coefficient (Wildman–Crippen LogP) is 3.95. The minimum atomic E-state index is -0.508. The maximum atomic E-state index is 12.8. The van der Waals surface area contributed by atoms with E-state index in [-0.39, 0.29) is 5.82 Å². The van der Waals surface area contributed by atoms with Gasteiger partial charge in [0.2, 0.25) is 0 Å². The van der Waals surface area contributed by atoms with Gasteiger partial charge in [-0.25, -0.2) is 9.18 Å². The lowest BCUT2D eigenvalue weighted by Crippen LogP contribution is -2.28. The number of aromatic nitrogens is 1. The largest absolute Gasteiger partial charge is 0.412 e. The standard InChI is InChI=1S/C19H17FN2O2/c20-16-5-3-15(4-6-16)11-12-21-19(23)24-18-9-7-17(8-10-18)22-13-1-2-14-22/h1-10,13-14H,11-12H2,(H,21,23). The van der Waals surface area contributed by atoms with E-state index in [9.17, 15) is 9.18 Å². The number of carbonyl (C=O) groups excluding carboxylic acids is 1. The zero-order valence-electron chi connectivity index (χ0n) is 13.0. The Balaban J connectivity index is 1.47. The van der Waals surface area contributed by atoms with Crippen LogP contribution in [0.5, 0.6) is 5.75 Å². The van der Waals surface area contributed by atoms with Crippen molar-refractivity contribution in [3.05, 3.63) is 84.4 Å². The SMILES string of the molecule is O=C(NCCc1ccc(F)cc1)Oc1ccc(-n2cccc2)cc1. The highest BCUT2D eigenvalue weighted by atomic mass is 19.1. The van der Waals surface area contributed by atoms with Gasteiger partial charge < -0.3 is 14.6 Å². The average Bonchev–Trinajstić information content (AvgIpc) is 3.12. The van der Waals surface area contributed by atoms with Gasteiger partial charge in [-0.2, -0.15) is 0 Å². The number of carbonyl (C=O) groups is 1. The van der Waals surface area contributed by atoms with Crippen LogP contribution in [0.4, 0.5) is 9.18 Å². The minimum absolute atomic E-state index is 0.269. The lowest BCUT2D eigenvalue weighted by molar-refractivity contribution is 0.200. The number of amides is 1. The number of hydrogen-bond acceptors (Lipinski definition) is 2. The second-order valence-electron chi connectivity index (χ2n) is 5.28. The molecular weight excluding hydrogens is 307 g/mol. The van der Waals surface area contributed by atoms with Crippen molar-refractivity contribution < 1.29 is 13.9 Å². The Hall–Kier alpha value is -3.08. The molecule has 0 aliphatic rings. The van der Waals surface area contributed by atoms with E-state index in [1.165, 1.54) is 12.1 Å². The van der Waals surface area contributed by atoms with Crippen LogP contribution in [-0.4, -0.2) is 17.2 Å². The molecule has 2 aromatic carbocycles. The van der Waals surface area contributed by atoms with Crippen molar-refractivity contribution in [1.29, 1.82) is 0 Å². The predicted molar refractivity (Wildman–Crippen MR) is 89.9 cm³/mol. The van der Waals surface area contributed by atoms with Crippen LogP contribution in [0.1, 0.15) is 5.56 Å². The molecule has 122 valence electrons. The summed E-state index contributed by atoms with van der Waals surface area (Å²) in [5.41, 5.74) is 1.94. The van der Waals surface area contributed by atoms with Gasteiger partial charge in [0, 0.05) is 24.6 Å². The first-order chi connectivity index (χ1) is 11.7. The smallest absolute Gasteiger partial charge is 0.410 e. The third-order valence-electron chi connectivity index (χ3n) is 3.55. The molecule has 1 aromatic heterocycles. The van der Waals surface area contributed by atoms with E-state index in [1.807, 2.05) is 41.2 Å². The highest BCUT2D eigenvalue weighted by Gasteiger charge is 2.04. The normalized spacial score (nSPS) is 10.4. The van der Waals surface area contributed by atoms with E-state index >= 15 is 0 Å². The second-order valence-corrected chi connectivity index (χ2v) is 5.28. The highest BCUT2D eigenvalue weighted by molar-refractivity contribution is 5.70. The summed E-state index contributed by atoms with van der Waals surface area (Å²) in [6.07, 6.45) is 3.99. The molecule has 3 aromatic rings. The molecule has 1 N–H and O–H groups in total. The van der Waals surface area contributed by atoms with Gasteiger partial charge in [-0.3, -0.25) is 0 Å². The third kappa shape index (κ3) is 4.23. The molecular formula is C19H17FN2O2. The zero-order valence-corrected chi connectivity index (χ0v) is 13.0. The van der Waals surface area contributed by atoms with Gasteiger partial charge in [-0.05, 0) is 60.5 Å². The van der Waals surface area contributed by atoms with Crippen molar-refractivity contribution >= 4 is 6.09 Å². The van der Waals surface area contributed by atoms with Gasteiger partial charge in [0.1, 0.15) is 11.6 Å². The fourth-order valence-electron chi connectivity index (χ4n) is 2.30. The molecule has 5 heteroatoms. The molecule has 0 bridgehead atoms. The molecule has 0 aliphatic heterocycles. The summed E-state index contributed by atoms with van der Waals surface area (Å²) in [6, 6.07) is 17.3. The molecule has 24 heavy (non-hydrogen) atoms. The quantitative estimate of drug-likeness (QED) is 0.772. The van der Waals surface area contributed by atoms with Crippen LogP contribution in [0.2, 0.25) is 0 Å².